The van der Waals surface area contributed by atoms with Gasteiger partial charge in [0, 0.05) is 25.7 Å². The molecule has 0 aromatic carbocycles. The van der Waals surface area contributed by atoms with Crippen LogP contribution in [0.3, 0.4) is 0 Å². The summed E-state index contributed by atoms with van der Waals surface area (Å²) in [4.78, 5) is 2.51. The Morgan fingerprint density at radius 1 is 0.543 bits per heavy atom. The number of piperidine rings is 1. The van der Waals surface area contributed by atoms with Crippen LogP contribution in [0.5, 0.6) is 0 Å². The molecule has 1 rings (SSSR count). The zero-order valence-corrected chi connectivity index (χ0v) is 23.3. The van der Waals surface area contributed by atoms with Crippen LogP contribution in [0.15, 0.2) is 0 Å². The van der Waals surface area contributed by atoms with E-state index in [9.17, 15) is 0 Å². The summed E-state index contributed by atoms with van der Waals surface area (Å²) >= 11 is 0. The van der Waals surface area contributed by atoms with E-state index in [0.29, 0.717) is 105 Å². The third-order valence-electron chi connectivity index (χ3n) is 5.22. The van der Waals surface area contributed by atoms with Gasteiger partial charge in [0.25, 0.3) is 0 Å². The molecule has 1 saturated heterocycles. The Labute approximate surface area is 215 Å². The fourth-order valence-electron chi connectivity index (χ4n) is 3.30. The summed E-state index contributed by atoms with van der Waals surface area (Å²) in [7, 11) is 0. The normalized spacial score (nSPS) is 14.9. The van der Waals surface area contributed by atoms with Gasteiger partial charge in [0.2, 0.25) is 0 Å². The van der Waals surface area contributed by atoms with Gasteiger partial charge in [-0.1, -0.05) is 13.8 Å². The molecule has 0 atom stereocenters. The van der Waals surface area contributed by atoms with Crippen molar-refractivity contribution in [2.24, 2.45) is 0 Å². The highest BCUT2D eigenvalue weighted by Crippen LogP contribution is 2.15. The second-order valence-electron chi connectivity index (χ2n) is 8.07. The Kier molecular flexibility index (Phi) is 27.9. The highest BCUT2D eigenvalue weighted by molar-refractivity contribution is 4.74. The predicted octanol–water partition coefficient (Wildman–Crippen LogP) is 3.04. The van der Waals surface area contributed by atoms with Crippen molar-refractivity contribution in [3.63, 3.8) is 0 Å². The maximum Gasteiger partial charge on any atom is 0.0704 e. The molecule has 0 aliphatic carbocycles. The van der Waals surface area contributed by atoms with Gasteiger partial charge in [0.15, 0.2) is 0 Å². The van der Waals surface area contributed by atoms with Gasteiger partial charge in [-0.15, -0.1) is 0 Å². The van der Waals surface area contributed by atoms with Gasteiger partial charge in [-0.2, -0.15) is 0 Å². The van der Waals surface area contributed by atoms with Crippen molar-refractivity contribution in [2.75, 3.05) is 112 Å². The summed E-state index contributed by atoms with van der Waals surface area (Å²) in [6, 6.07) is 0.630. The van der Waals surface area contributed by atoms with Gasteiger partial charge in [0.05, 0.1) is 98.6 Å². The van der Waals surface area contributed by atoms with Gasteiger partial charge in [-0.05, 0) is 33.6 Å². The van der Waals surface area contributed by atoms with E-state index in [1.165, 1.54) is 0 Å². The first-order valence-corrected chi connectivity index (χ1v) is 13.6. The van der Waals surface area contributed by atoms with Crippen LogP contribution in [-0.4, -0.2) is 129 Å². The first-order valence-electron chi connectivity index (χ1n) is 13.6. The molecular weight excluding hydrogens is 454 g/mol. The molecule has 0 N–H and O–H groups in total. The van der Waals surface area contributed by atoms with Crippen molar-refractivity contribution in [3.8, 4) is 0 Å². The van der Waals surface area contributed by atoms with Crippen molar-refractivity contribution >= 4 is 0 Å². The van der Waals surface area contributed by atoms with Gasteiger partial charge in [-0.3, -0.25) is 0 Å². The highest BCUT2D eigenvalue weighted by atomic mass is 16.6. The molecule has 35 heavy (non-hydrogen) atoms. The van der Waals surface area contributed by atoms with Crippen molar-refractivity contribution in [3.05, 3.63) is 0 Å². The summed E-state index contributed by atoms with van der Waals surface area (Å²) in [5.41, 5.74) is 0. The Morgan fingerprint density at radius 2 is 0.857 bits per heavy atom. The number of hydrogen-bond donors (Lipinski definition) is 0. The van der Waals surface area contributed by atoms with Crippen LogP contribution in [0, 0.1) is 0 Å². The number of ether oxygens (including phenoxy) is 8. The van der Waals surface area contributed by atoms with E-state index in [4.69, 9.17) is 37.9 Å². The third-order valence-corrected chi connectivity index (χ3v) is 5.22. The van der Waals surface area contributed by atoms with Crippen LogP contribution in [-0.2, 0) is 37.9 Å². The Balaban J connectivity index is 0.00000562. The van der Waals surface area contributed by atoms with Gasteiger partial charge < -0.3 is 42.8 Å². The van der Waals surface area contributed by atoms with Crippen LogP contribution < -0.4 is 0 Å². The minimum atomic E-state index is 0.379. The SMILES string of the molecule is CC.CCOCCOCCOCCOCCOCCOCCOCCOC1CCN(C(C)C)CC1. The van der Waals surface area contributed by atoms with E-state index < -0.39 is 0 Å². The maximum absolute atomic E-state index is 5.91. The van der Waals surface area contributed by atoms with Crippen molar-refractivity contribution in [1.29, 1.82) is 0 Å². The molecule has 0 aromatic rings. The van der Waals surface area contributed by atoms with Crippen LogP contribution in [0.1, 0.15) is 47.5 Å². The Bertz CT molecular complexity index is 396. The topological polar surface area (TPSA) is 77.1 Å². The van der Waals surface area contributed by atoms with E-state index in [1.807, 2.05) is 20.8 Å². The van der Waals surface area contributed by atoms with Crippen LogP contribution >= 0.6 is 0 Å². The fraction of sp³-hybridized carbons (Fsp3) is 1.00. The minimum absolute atomic E-state index is 0.379. The molecule has 0 saturated carbocycles. The summed E-state index contributed by atoms with van der Waals surface area (Å²) in [5.74, 6) is 0. The number of likely N-dealkylation sites (tertiary alicyclic amines) is 1. The van der Waals surface area contributed by atoms with Gasteiger partial charge in [-0.25, -0.2) is 0 Å². The Hall–Kier alpha value is -0.360. The van der Waals surface area contributed by atoms with Crippen molar-refractivity contribution < 1.29 is 37.9 Å². The second-order valence-corrected chi connectivity index (χ2v) is 8.07. The minimum Gasteiger partial charge on any atom is -0.379 e. The molecule has 0 amide bonds. The predicted molar refractivity (Wildman–Crippen MR) is 138 cm³/mol. The van der Waals surface area contributed by atoms with Crippen LogP contribution in [0.25, 0.3) is 0 Å². The molecule has 0 bridgehead atoms. The molecule has 0 spiro atoms. The number of nitrogens with zero attached hydrogens (tertiary/aromatic N) is 1. The summed E-state index contributed by atoms with van der Waals surface area (Å²) in [6.07, 6.45) is 2.61. The number of hydrogen-bond acceptors (Lipinski definition) is 9. The first kappa shape index (κ1) is 34.6. The first-order chi connectivity index (χ1) is 17.2. The lowest BCUT2D eigenvalue weighted by Crippen LogP contribution is -2.41. The van der Waals surface area contributed by atoms with Gasteiger partial charge >= 0.3 is 0 Å². The Morgan fingerprint density at radius 3 is 1.17 bits per heavy atom. The molecule has 9 heteroatoms. The quantitative estimate of drug-likeness (QED) is 0.182. The smallest absolute Gasteiger partial charge is 0.0704 e. The monoisotopic (exact) mass is 509 g/mol. The highest BCUT2D eigenvalue weighted by Gasteiger charge is 2.20. The van der Waals surface area contributed by atoms with Crippen molar-refractivity contribution in [1.82, 2.24) is 4.90 Å². The molecular formula is C26H55NO8. The molecule has 1 fully saturated rings. The van der Waals surface area contributed by atoms with E-state index in [0.717, 1.165) is 32.5 Å². The maximum atomic E-state index is 5.91. The lowest BCUT2D eigenvalue weighted by Gasteiger charge is -2.34. The third kappa shape index (κ3) is 23.8. The lowest BCUT2D eigenvalue weighted by atomic mass is 10.1. The zero-order chi connectivity index (χ0) is 25.8. The fourth-order valence-corrected chi connectivity index (χ4v) is 3.30. The molecule has 1 aliphatic heterocycles. The standard InChI is InChI=1S/C24H49NO8.C2H6/c1-4-26-9-10-27-11-12-28-13-14-29-15-16-30-17-18-31-19-20-32-21-22-33-24-5-7-25(8-6-24)23(2)3;1-2/h23-24H,4-22H2,1-3H3;1-2H3. The average molecular weight is 510 g/mol. The van der Waals surface area contributed by atoms with Crippen molar-refractivity contribution in [2.45, 2.75) is 59.6 Å². The molecule has 1 aliphatic rings. The molecule has 0 radical (unpaired) electrons. The van der Waals surface area contributed by atoms with E-state index in [1.54, 1.807) is 0 Å². The number of rotatable bonds is 24. The van der Waals surface area contributed by atoms with E-state index in [-0.39, 0.29) is 0 Å². The molecule has 9 nitrogen and oxygen atoms in total. The largest absolute Gasteiger partial charge is 0.379 e. The molecule has 0 aromatic heterocycles. The molecule has 212 valence electrons. The molecule has 1 heterocycles. The van der Waals surface area contributed by atoms with E-state index in [2.05, 4.69) is 18.7 Å². The van der Waals surface area contributed by atoms with E-state index >= 15 is 0 Å². The lowest BCUT2D eigenvalue weighted by molar-refractivity contribution is -0.0395. The van der Waals surface area contributed by atoms with Gasteiger partial charge in [0.1, 0.15) is 0 Å². The van der Waals surface area contributed by atoms with Crippen LogP contribution in [0.2, 0.25) is 0 Å². The summed E-state index contributed by atoms with van der Waals surface area (Å²) < 4.78 is 43.8. The zero-order valence-electron chi connectivity index (χ0n) is 23.3. The molecule has 0 unspecified atom stereocenters. The second kappa shape index (κ2) is 28.2. The average Bonchev–Trinajstić information content (AvgIpc) is 2.88. The van der Waals surface area contributed by atoms with Crippen LogP contribution in [0.4, 0.5) is 0 Å². The summed E-state index contributed by atoms with van der Waals surface area (Å²) in [6.45, 7) is 21.6. The summed E-state index contributed by atoms with van der Waals surface area (Å²) in [5, 5.41) is 0.